The largest absolute Gasteiger partial charge is 0.385 e. The fourth-order valence-corrected chi connectivity index (χ4v) is 2.54. The van der Waals surface area contributed by atoms with Crippen LogP contribution in [-0.2, 0) is 16.0 Å². The quantitative estimate of drug-likeness (QED) is 0.277. The molecule has 0 saturated carbocycles. The summed E-state index contributed by atoms with van der Waals surface area (Å²) in [7, 11) is 1.72. The number of aliphatic imine (C=N–C) groups is 1. The molecule has 1 saturated heterocycles. The van der Waals surface area contributed by atoms with Crippen LogP contribution in [-0.4, -0.2) is 50.0 Å². The molecular weight excluding hydrogens is 419 g/mol. The van der Waals surface area contributed by atoms with Gasteiger partial charge in [-0.3, -0.25) is 4.98 Å². The molecule has 0 amide bonds. The second kappa shape index (κ2) is 12.4. The Morgan fingerprint density at radius 2 is 2.42 bits per heavy atom. The third-order valence-corrected chi connectivity index (χ3v) is 3.85. The molecule has 2 rings (SSSR count). The highest BCUT2D eigenvalue weighted by atomic mass is 127. The maximum atomic E-state index is 5.75. The van der Waals surface area contributed by atoms with Gasteiger partial charge in [-0.2, -0.15) is 0 Å². The number of hydrogen-bond acceptors (Lipinski definition) is 4. The van der Waals surface area contributed by atoms with E-state index in [1.54, 1.807) is 13.3 Å². The van der Waals surface area contributed by atoms with Crippen molar-refractivity contribution in [3.05, 3.63) is 30.1 Å². The molecule has 0 aliphatic carbocycles. The van der Waals surface area contributed by atoms with Gasteiger partial charge < -0.3 is 20.1 Å². The molecule has 0 radical (unpaired) electrons. The normalized spacial score (nSPS) is 18.8. The molecule has 136 valence electrons. The predicted octanol–water partition coefficient (Wildman–Crippen LogP) is 2.34. The summed E-state index contributed by atoms with van der Waals surface area (Å²) >= 11 is 0. The molecule has 2 heterocycles. The Balaban J connectivity index is 0.00000288. The maximum Gasteiger partial charge on any atom is 0.191 e. The number of aromatic nitrogens is 1. The first kappa shape index (κ1) is 21.1. The lowest BCUT2D eigenvalue weighted by atomic mass is 10.1. The summed E-state index contributed by atoms with van der Waals surface area (Å²) in [5, 5.41) is 6.82. The zero-order valence-corrected chi connectivity index (χ0v) is 16.9. The molecule has 0 bridgehead atoms. The fourth-order valence-electron chi connectivity index (χ4n) is 2.54. The van der Waals surface area contributed by atoms with Gasteiger partial charge in [0.25, 0.3) is 0 Å². The van der Waals surface area contributed by atoms with Gasteiger partial charge in [0.05, 0.1) is 18.7 Å². The Morgan fingerprint density at radius 1 is 1.54 bits per heavy atom. The Morgan fingerprint density at radius 3 is 3.08 bits per heavy atom. The Hall–Kier alpha value is -0.930. The topological polar surface area (TPSA) is 67.8 Å². The van der Waals surface area contributed by atoms with Crippen molar-refractivity contribution in [3.63, 3.8) is 0 Å². The van der Waals surface area contributed by atoms with Gasteiger partial charge in [-0.15, -0.1) is 24.0 Å². The standard InChI is InChI=1S/C17H28N4O2.HI/c1-14(16-7-4-11-23-16)21-17(19-9-5-10-22-2)20-13-15-6-3-8-18-12-15;/h3,6,8,12,14,16H,4-5,7,9-11,13H2,1-2H3,(H2,19,20,21);1H. The third-order valence-electron chi connectivity index (χ3n) is 3.85. The molecule has 1 aliphatic heterocycles. The number of ether oxygens (including phenoxy) is 2. The number of halogens is 1. The lowest BCUT2D eigenvalue weighted by molar-refractivity contribution is 0.0890. The summed E-state index contributed by atoms with van der Waals surface area (Å²) in [6.07, 6.45) is 7.07. The zero-order valence-electron chi connectivity index (χ0n) is 14.5. The monoisotopic (exact) mass is 448 g/mol. The van der Waals surface area contributed by atoms with Gasteiger partial charge in [0, 0.05) is 39.3 Å². The van der Waals surface area contributed by atoms with Crippen molar-refractivity contribution in [1.82, 2.24) is 15.6 Å². The number of guanidine groups is 1. The van der Waals surface area contributed by atoms with Crippen LogP contribution in [0.15, 0.2) is 29.5 Å². The van der Waals surface area contributed by atoms with E-state index in [0.717, 1.165) is 50.5 Å². The molecular formula is C17H29IN4O2. The van der Waals surface area contributed by atoms with Crippen molar-refractivity contribution < 1.29 is 9.47 Å². The number of nitrogens with zero attached hydrogens (tertiary/aromatic N) is 2. The average Bonchev–Trinajstić information content (AvgIpc) is 3.12. The Kier molecular flexibility index (Phi) is 10.9. The molecule has 2 atom stereocenters. The first-order valence-electron chi connectivity index (χ1n) is 8.34. The fraction of sp³-hybridized carbons (Fsp3) is 0.647. The van der Waals surface area contributed by atoms with Crippen LogP contribution in [0.4, 0.5) is 0 Å². The van der Waals surface area contributed by atoms with E-state index in [4.69, 9.17) is 9.47 Å². The number of rotatable bonds is 8. The van der Waals surface area contributed by atoms with E-state index in [2.05, 4.69) is 27.5 Å². The molecule has 1 aromatic rings. The Labute approximate surface area is 161 Å². The summed E-state index contributed by atoms with van der Waals surface area (Å²) in [4.78, 5) is 8.79. The molecule has 1 aromatic heterocycles. The van der Waals surface area contributed by atoms with Gasteiger partial charge in [0.2, 0.25) is 0 Å². The number of pyridine rings is 1. The molecule has 2 N–H and O–H groups in total. The maximum absolute atomic E-state index is 5.75. The van der Waals surface area contributed by atoms with E-state index < -0.39 is 0 Å². The zero-order chi connectivity index (χ0) is 16.3. The van der Waals surface area contributed by atoms with Gasteiger partial charge in [-0.25, -0.2) is 4.99 Å². The van der Waals surface area contributed by atoms with Crippen LogP contribution in [0.25, 0.3) is 0 Å². The third kappa shape index (κ3) is 7.76. The van der Waals surface area contributed by atoms with Crippen molar-refractivity contribution in [2.45, 2.75) is 44.9 Å². The van der Waals surface area contributed by atoms with E-state index in [9.17, 15) is 0 Å². The van der Waals surface area contributed by atoms with Crippen LogP contribution >= 0.6 is 24.0 Å². The van der Waals surface area contributed by atoms with Gasteiger partial charge in [-0.1, -0.05) is 6.07 Å². The molecule has 7 heteroatoms. The van der Waals surface area contributed by atoms with Gasteiger partial charge in [0.1, 0.15) is 0 Å². The van der Waals surface area contributed by atoms with Crippen LogP contribution in [0.1, 0.15) is 31.7 Å². The highest BCUT2D eigenvalue weighted by molar-refractivity contribution is 14.0. The second-order valence-corrected chi connectivity index (χ2v) is 5.78. The van der Waals surface area contributed by atoms with Gasteiger partial charge >= 0.3 is 0 Å². The minimum atomic E-state index is 0. The van der Waals surface area contributed by atoms with Gasteiger partial charge in [0.15, 0.2) is 5.96 Å². The van der Waals surface area contributed by atoms with Crippen LogP contribution in [0.3, 0.4) is 0 Å². The van der Waals surface area contributed by atoms with Crippen LogP contribution in [0.5, 0.6) is 0 Å². The molecule has 1 aliphatic rings. The highest BCUT2D eigenvalue weighted by Crippen LogP contribution is 2.15. The van der Waals surface area contributed by atoms with Crippen molar-refractivity contribution in [2.24, 2.45) is 4.99 Å². The van der Waals surface area contributed by atoms with Crippen LogP contribution < -0.4 is 10.6 Å². The van der Waals surface area contributed by atoms with Crippen LogP contribution in [0.2, 0.25) is 0 Å². The summed E-state index contributed by atoms with van der Waals surface area (Å²) < 4.78 is 10.8. The second-order valence-electron chi connectivity index (χ2n) is 5.78. The van der Waals surface area contributed by atoms with E-state index in [0.29, 0.717) is 6.54 Å². The molecule has 0 aromatic carbocycles. The predicted molar refractivity (Wildman–Crippen MR) is 107 cm³/mol. The lowest BCUT2D eigenvalue weighted by Gasteiger charge is -2.23. The number of methoxy groups -OCH3 is 1. The summed E-state index contributed by atoms with van der Waals surface area (Å²) in [5.41, 5.74) is 1.09. The first-order valence-corrected chi connectivity index (χ1v) is 8.34. The summed E-state index contributed by atoms with van der Waals surface area (Å²) in [5.74, 6) is 0.813. The average molecular weight is 448 g/mol. The number of hydrogen-bond donors (Lipinski definition) is 2. The van der Waals surface area contributed by atoms with E-state index in [1.165, 1.54) is 0 Å². The van der Waals surface area contributed by atoms with Gasteiger partial charge in [-0.05, 0) is 37.8 Å². The molecule has 2 unspecified atom stereocenters. The van der Waals surface area contributed by atoms with Crippen molar-refractivity contribution in [1.29, 1.82) is 0 Å². The highest BCUT2D eigenvalue weighted by Gasteiger charge is 2.22. The first-order chi connectivity index (χ1) is 11.3. The van der Waals surface area contributed by atoms with Crippen molar-refractivity contribution in [2.75, 3.05) is 26.9 Å². The van der Waals surface area contributed by atoms with E-state index in [1.807, 2.05) is 18.3 Å². The molecule has 1 fully saturated rings. The van der Waals surface area contributed by atoms with E-state index >= 15 is 0 Å². The summed E-state index contributed by atoms with van der Waals surface area (Å²) in [6, 6.07) is 4.20. The minimum Gasteiger partial charge on any atom is -0.385 e. The minimum absolute atomic E-state index is 0. The Bertz CT molecular complexity index is 467. The van der Waals surface area contributed by atoms with Crippen LogP contribution in [0, 0.1) is 0 Å². The lowest BCUT2D eigenvalue weighted by Crippen LogP contribution is -2.47. The molecule has 6 nitrogen and oxygen atoms in total. The van der Waals surface area contributed by atoms with Crippen molar-refractivity contribution >= 4 is 29.9 Å². The number of nitrogens with one attached hydrogen (secondary N) is 2. The van der Waals surface area contributed by atoms with E-state index in [-0.39, 0.29) is 36.1 Å². The SMILES string of the molecule is COCCCNC(=NCc1cccnc1)NC(C)C1CCCO1.I. The molecule has 0 spiro atoms. The smallest absolute Gasteiger partial charge is 0.191 e. The molecule has 24 heavy (non-hydrogen) atoms. The summed E-state index contributed by atoms with van der Waals surface area (Å²) in [6.45, 7) is 5.17. The van der Waals surface area contributed by atoms with Crippen molar-refractivity contribution in [3.8, 4) is 0 Å².